The highest BCUT2D eigenvalue weighted by atomic mass is 16.4. The molecule has 0 fully saturated rings. The molecule has 0 aromatic carbocycles. The molecule has 0 saturated carbocycles. The zero-order valence-corrected chi connectivity index (χ0v) is 11.6. The Kier molecular flexibility index (Phi) is 3.65. The number of nitrogens with one attached hydrogen (secondary N) is 2. The van der Waals surface area contributed by atoms with E-state index in [1.54, 1.807) is 19.1 Å². The van der Waals surface area contributed by atoms with Crippen LogP contribution in [0.2, 0.25) is 0 Å². The number of carboxylic acids is 1. The van der Waals surface area contributed by atoms with E-state index in [2.05, 4.69) is 10.3 Å². The number of aromatic carboxylic acids is 1. The molecule has 0 atom stereocenters. The van der Waals surface area contributed by atoms with E-state index in [1.165, 1.54) is 6.20 Å². The summed E-state index contributed by atoms with van der Waals surface area (Å²) in [6, 6.07) is 3.64. The highest BCUT2D eigenvalue weighted by Gasteiger charge is 2.19. The number of carbonyl (C=O) groups excluding carboxylic acids is 1. The molecule has 2 rings (SSSR count). The van der Waals surface area contributed by atoms with Crippen molar-refractivity contribution in [2.75, 3.05) is 5.32 Å². The zero-order chi connectivity index (χ0) is 14.9. The molecule has 0 aliphatic rings. The third kappa shape index (κ3) is 2.45. The summed E-state index contributed by atoms with van der Waals surface area (Å²) in [5, 5.41) is 11.8. The monoisotopic (exact) mass is 275 g/mol. The largest absolute Gasteiger partial charge is 0.478 e. The van der Waals surface area contributed by atoms with Crippen molar-refractivity contribution in [2.45, 2.75) is 26.8 Å². The van der Waals surface area contributed by atoms with E-state index in [-0.39, 0.29) is 23.2 Å². The van der Waals surface area contributed by atoms with Crippen LogP contribution in [0.5, 0.6) is 0 Å². The Labute approximate surface area is 116 Å². The summed E-state index contributed by atoms with van der Waals surface area (Å²) in [6.45, 7) is 5.59. The molecule has 0 radical (unpaired) electrons. The number of aromatic nitrogens is 2. The first-order chi connectivity index (χ1) is 9.41. The van der Waals surface area contributed by atoms with Gasteiger partial charge in [0.1, 0.15) is 11.3 Å². The van der Waals surface area contributed by atoms with E-state index in [9.17, 15) is 9.59 Å². The molecule has 2 heterocycles. The SMILES string of the molecule is Cc1[nH]cc(NC(=O)c2cccn2C(C)C)c1C(=O)O. The third-order valence-corrected chi connectivity index (χ3v) is 3.11. The van der Waals surface area contributed by atoms with Crippen LogP contribution in [-0.2, 0) is 0 Å². The number of aryl methyl sites for hydroxylation is 1. The highest BCUT2D eigenvalue weighted by Crippen LogP contribution is 2.20. The summed E-state index contributed by atoms with van der Waals surface area (Å²) in [4.78, 5) is 26.2. The number of aromatic amines is 1. The molecular formula is C14H17N3O3. The van der Waals surface area contributed by atoms with Gasteiger partial charge in [-0.3, -0.25) is 4.79 Å². The Morgan fingerprint density at radius 1 is 1.40 bits per heavy atom. The van der Waals surface area contributed by atoms with Gasteiger partial charge in [-0.2, -0.15) is 0 Å². The fourth-order valence-electron chi connectivity index (χ4n) is 2.12. The standard InChI is InChI=1S/C14H17N3O3/c1-8(2)17-6-4-5-11(17)13(18)16-10-7-15-9(3)12(10)14(19)20/h4-8,15H,1-3H3,(H,16,18)(H,19,20). The molecule has 0 aliphatic carbocycles. The molecule has 0 bridgehead atoms. The number of carbonyl (C=O) groups is 2. The Morgan fingerprint density at radius 2 is 2.10 bits per heavy atom. The Hall–Kier alpha value is -2.50. The predicted molar refractivity (Wildman–Crippen MR) is 75.3 cm³/mol. The second-order valence-corrected chi connectivity index (χ2v) is 4.86. The van der Waals surface area contributed by atoms with Gasteiger partial charge in [-0.1, -0.05) is 0 Å². The van der Waals surface area contributed by atoms with Gasteiger partial charge in [0.05, 0.1) is 5.69 Å². The smallest absolute Gasteiger partial charge is 0.339 e. The van der Waals surface area contributed by atoms with Crippen LogP contribution < -0.4 is 5.32 Å². The normalized spacial score (nSPS) is 10.8. The second-order valence-electron chi connectivity index (χ2n) is 4.86. The Balaban J connectivity index is 2.29. The van der Waals surface area contributed by atoms with Gasteiger partial charge in [-0.15, -0.1) is 0 Å². The number of carboxylic acid groups (broad SMARTS) is 1. The number of rotatable bonds is 4. The van der Waals surface area contributed by atoms with Gasteiger partial charge in [0.2, 0.25) is 0 Å². The lowest BCUT2D eigenvalue weighted by Gasteiger charge is -2.12. The summed E-state index contributed by atoms with van der Waals surface area (Å²) < 4.78 is 1.83. The van der Waals surface area contributed by atoms with Gasteiger partial charge >= 0.3 is 5.97 Å². The van der Waals surface area contributed by atoms with E-state index in [0.717, 1.165) is 0 Å². The van der Waals surface area contributed by atoms with Crippen LogP contribution in [0.4, 0.5) is 5.69 Å². The summed E-state index contributed by atoms with van der Waals surface area (Å²) in [7, 11) is 0. The van der Waals surface area contributed by atoms with Gasteiger partial charge < -0.3 is 20.0 Å². The molecule has 0 unspecified atom stereocenters. The second kappa shape index (κ2) is 5.24. The maximum Gasteiger partial charge on any atom is 0.339 e. The quantitative estimate of drug-likeness (QED) is 0.801. The molecule has 0 saturated heterocycles. The van der Waals surface area contributed by atoms with Crippen LogP contribution in [0, 0.1) is 6.92 Å². The number of nitrogens with zero attached hydrogens (tertiary/aromatic N) is 1. The lowest BCUT2D eigenvalue weighted by molar-refractivity contribution is 0.0697. The molecule has 0 spiro atoms. The van der Waals surface area contributed by atoms with Crippen molar-refractivity contribution in [2.24, 2.45) is 0 Å². The summed E-state index contributed by atoms with van der Waals surface area (Å²) in [5.41, 5.74) is 1.36. The summed E-state index contributed by atoms with van der Waals surface area (Å²) >= 11 is 0. The highest BCUT2D eigenvalue weighted by molar-refractivity contribution is 6.07. The van der Waals surface area contributed by atoms with Crippen molar-refractivity contribution >= 4 is 17.6 Å². The number of amides is 1. The van der Waals surface area contributed by atoms with Crippen molar-refractivity contribution in [1.82, 2.24) is 9.55 Å². The maximum absolute atomic E-state index is 12.2. The van der Waals surface area contributed by atoms with Crippen LogP contribution >= 0.6 is 0 Å². The molecule has 6 heteroatoms. The third-order valence-electron chi connectivity index (χ3n) is 3.11. The van der Waals surface area contributed by atoms with E-state index in [0.29, 0.717) is 11.4 Å². The van der Waals surface area contributed by atoms with E-state index >= 15 is 0 Å². The molecule has 2 aromatic heterocycles. The van der Waals surface area contributed by atoms with E-state index in [4.69, 9.17) is 5.11 Å². The average Bonchev–Trinajstić information content (AvgIpc) is 2.95. The predicted octanol–water partition coefficient (Wildman–Crippen LogP) is 2.66. The number of hydrogen-bond donors (Lipinski definition) is 3. The summed E-state index contributed by atoms with van der Waals surface area (Å²) in [5.74, 6) is -1.40. The van der Waals surface area contributed by atoms with Gasteiger partial charge in [0, 0.05) is 24.1 Å². The molecule has 106 valence electrons. The van der Waals surface area contributed by atoms with Gasteiger partial charge in [0.15, 0.2) is 0 Å². The topological polar surface area (TPSA) is 87.1 Å². The molecular weight excluding hydrogens is 258 g/mol. The van der Waals surface area contributed by atoms with E-state index < -0.39 is 5.97 Å². The lowest BCUT2D eigenvalue weighted by Crippen LogP contribution is -2.18. The first kappa shape index (κ1) is 13.9. The van der Waals surface area contributed by atoms with Gasteiger partial charge in [-0.25, -0.2) is 4.79 Å². The first-order valence-electron chi connectivity index (χ1n) is 6.31. The molecule has 2 aromatic rings. The van der Waals surface area contributed by atoms with Gasteiger partial charge in [-0.05, 0) is 32.9 Å². The number of anilines is 1. The van der Waals surface area contributed by atoms with Crippen LogP contribution in [0.3, 0.4) is 0 Å². The first-order valence-corrected chi connectivity index (χ1v) is 6.31. The minimum Gasteiger partial charge on any atom is -0.478 e. The van der Waals surface area contributed by atoms with Crippen LogP contribution in [-0.4, -0.2) is 26.5 Å². The minimum absolute atomic E-state index is 0.0843. The lowest BCUT2D eigenvalue weighted by atomic mass is 10.2. The maximum atomic E-state index is 12.2. The number of H-pyrrole nitrogens is 1. The summed E-state index contributed by atoms with van der Waals surface area (Å²) in [6.07, 6.45) is 3.30. The van der Waals surface area contributed by atoms with Gasteiger partial charge in [0.25, 0.3) is 5.91 Å². The van der Waals surface area contributed by atoms with Crippen molar-refractivity contribution < 1.29 is 14.7 Å². The van der Waals surface area contributed by atoms with Crippen LogP contribution in [0.25, 0.3) is 0 Å². The Bertz CT molecular complexity index is 652. The van der Waals surface area contributed by atoms with Crippen molar-refractivity contribution in [1.29, 1.82) is 0 Å². The van der Waals surface area contributed by atoms with E-state index in [1.807, 2.05) is 24.6 Å². The number of hydrogen-bond acceptors (Lipinski definition) is 2. The fourth-order valence-corrected chi connectivity index (χ4v) is 2.12. The van der Waals surface area contributed by atoms with Crippen molar-refractivity contribution in [3.63, 3.8) is 0 Å². The molecule has 3 N–H and O–H groups in total. The van der Waals surface area contributed by atoms with Crippen molar-refractivity contribution in [3.8, 4) is 0 Å². The van der Waals surface area contributed by atoms with Crippen molar-refractivity contribution in [3.05, 3.63) is 41.5 Å². The fraction of sp³-hybridized carbons (Fsp3) is 0.286. The van der Waals surface area contributed by atoms with Crippen LogP contribution in [0.1, 0.15) is 46.4 Å². The van der Waals surface area contributed by atoms with Crippen LogP contribution in [0.15, 0.2) is 24.5 Å². The average molecular weight is 275 g/mol. The Morgan fingerprint density at radius 3 is 2.70 bits per heavy atom. The zero-order valence-electron chi connectivity index (χ0n) is 11.6. The molecule has 1 amide bonds. The molecule has 20 heavy (non-hydrogen) atoms. The minimum atomic E-state index is -1.07. The molecule has 0 aliphatic heterocycles. The molecule has 6 nitrogen and oxygen atoms in total.